The highest BCUT2D eigenvalue weighted by Gasteiger charge is 2.24. The van der Waals surface area contributed by atoms with Crippen LogP contribution in [0.5, 0.6) is 0 Å². The first-order valence-electron chi connectivity index (χ1n) is 7.03. The third-order valence-electron chi connectivity index (χ3n) is 3.62. The summed E-state index contributed by atoms with van der Waals surface area (Å²) < 4.78 is 5.83. The average molecular weight is 264 g/mol. The third-order valence-corrected chi connectivity index (χ3v) is 3.62. The van der Waals surface area contributed by atoms with Gasteiger partial charge in [0.1, 0.15) is 6.10 Å². The maximum atomic E-state index is 5.83. The Morgan fingerprint density at radius 1 is 1.32 bits per heavy atom. The fourth-order valence-corrected chi connectivity index (χ4v) is 2.58. The van der Waals surface area contributed by atoms with Crippen LogP contribution in [-0.4, -0.2) is 41.1 Å². The van der Waals surface area contributed by atoms with Crippen molar-refractivity contribution in [3.05, 3.63) is 22.8 Å². The number of hydrogen-bond donors (Lipinski definition) is 1. The lowest BCUT2D eigenvalue weighted by Crippen LogP contribution is -2.39. The molecule has 1 fully saturated rings. The van der Waals surface area contributed by atoms with Crippen LogP contribution < -0.4 is 5.73 Å². The highest BCUT2D eigenvalue weighted by Crippen LogP contribution is 2.21. The van der Waals surface area contributed by atoms with Gasteiger partial charge in [-0.1, -0.05) is 6.92 Å². The monoisotopic (exact) mass is 264 g/mol. The molecular formula is C14H24N4O. The van der Waals surface area contributed by atoms with Crippen molar-refractivity contribution >= 4 is 0 Å². The summed E-state index contributed by atoms with van der Waals surface area (Å²) in [6.45, 7) is 10.4. The van der Waals surface area contributed by atoms with E-state index in [0.717, 1.165) is 55.4 Å². The first kappa shape index (κ1) is 14.4. The molecule has 5 nitrogen and oxygen atoms in total. The maximum absolute atomic E-state index is 5.83. The van der Waals surface area contributed by atoms with Crippen molar-refractivity contribution in [1.29, 1.82) is 0 Å². The highest BCUT2D eigenvalue weighted by molar-refractivity contribution is 5.24. The van der Waals surface area contributed by atoms with Gasteiger partial charge in [-0.05, 0) is 26.8 Å². The molecule has 19 heavy (non-hydrogen) atoms. The molecule has 0 saturated carbocycles. The van der Waals surface area contributed by atoms with E-state index in [4.69, 9.17) is 10.5 Å². The molecule has 0 aliphatic carbocycles. The number of ether oxygens (including phenoxy) is 1. The molecule has 1 aliphatic heterocycles. The van der Waals surface area contributed by atoms with Gasteiger partial charge in [0, 0.05) is 36.6 Å². The number of aryl methyl sites for hydroxylation is 2. The summed E-state index contributed by atoms with van der Waals surface area (Å²) in [6, 6.07) is 0. The van der Waals surface area contributed by atoms with Crippen molar-refractivity contribution in [3.63, 3.8) is 0 Å². The SMILES string of the molecule is CCCN1CCOC(c2nc(C)c(CN)c(C)n2)C1. The van der Waals surface area contributed by atoms with Crippen molar-refractivity contribution in [2.24, 2.45) is 5.73 Å². The Balaban J connectivity index is 2.17. The van der Waals surface area contributed by atoms with Gasteiger partial charge in [0.05, 0.1) is 6.61 Å². The molecule has 2 rings (SSSR count). The first-order chi connectivity index (χ1) is 9.15. The second-order valence-electron chi connectivity index (χ2n) is 5.10. The van der Waals surface area contributed by atoms with Gasteiger partial charge >= 0.3 is 0 Å². The van der Waals surface area contributed by atoms with E-state index in [1.807, 2.05) is 13.8 Å². The Morgan fingerprint density at radius 2 is 2.00 bits per heavy atom. The summed E-state index contributed by atoms with van der Waals surface area (Å²) in [6.07, 6.45) is 1.15. The van der Waals surface area contributed by atoms with Gasteiger partial charge in [-0.25, -0.2) is 9.97 Å². The second kappa shape index (κ2) is 6.41. The molecule has 1 aliphatic rings. The normalized spacial score (nSPS) is 20.7. The highest BCUT2D eigenvalue weighted by atomic mass is 16.5. The van der Waals surface area contributed by atoms with E-state index in [-0.39, 0.29) is 6.10 Å². The molecule has 0 aromatic carbocycles. The number of nitrogens with two attached hydrogens (primary N) is 1. The second-order valence-corrected chi connectivity index (χ2v) is 5.10. The fourth-order valence-electron chi connectivity index (χ4n) is 2.58. The lowest BCUT2D eigenvalue weighted by molar-refractivity contribution is -0.0343. The zero-order valence-electron chi connectivity index (χ0n) is 12.1. The van der Waals surface area contributed by atoms with E-state index < -0.39 is 0 Å². The van der Waals surface area contributed by atoms with E-state index in [9.17, 15) is 0 Å². The van der Waals surface area contributed by atoms with Crippen LogP contribution in [0.1, 0.15) is 42.2 Å². The lowest BCUT2D eigenvalue weighted by atomic mass is 10.1. The molecule has 5 heteroatoms. The van der Waals surface area contributed by atoms with E-state index in [1.165, 1.54) is 0 Å². The van der Waals surface area contributed by atoms with Crippen molar-refractivity contribution in [2.75, 3.05) is 26.2 Å². The van der Waals surface area contributed by atoms with E-state index in [2.05, 4.69) is 21.8 Å². The molecule has 2 heterocycles. The van der Waals surface area contributed by atoms with Crippen LogP contribution in [0.15, 0.2) is 0 Å². The molecule has 1 atom stereocenters. The Hall–Kier alpha value is -1.04. The maximum Gasteiger partial charge on any atom is 0.158 e. The first-order valence-corrected chi connectivity index (χ1v) is 7.03. The number of rotatable bonds is 4. The molecular weight excluding hydrogens is 240 g/mol. The van der Waals surface area contributed by atoms with Crippen LogP contribution in [0, 0.1) is 13.8 Å². The summed E-state index contributed by atoms with van der Waals surface area (Å²) in [5.74, 6) is 0.799. The third kappa shape index (κ3) is 3.29. The minimum atomic E-state index is -0.00970. The van der Waals surface area contributed by atoms with Gasteiger partial charge in [0.25, 0.3) is 0 Å². The zero-order chi connectivity index (χ0) is 13.8. The van der Waals surface area contributed by atoms with Crippen LogP contribution in [0.4, 0.5) is 0 Å². The number of morpholine rings is 1. The van der Waals surface area contributed by atoms with Gasteiger partial charge in [0.2, 0.25) is 0 Å². The summed E-state index contributed by atoms with van der Waals surface area (Å²) in [5.41, 5.74) is 8.72. The van der Waals surface area contributed by atoms with Crippen LogP contribution >= 0.6 is 0 Å². The molecule has 0 bridgehead atoms. The van der Waals surface area contributed by atoms with E-state index in [0.29, 0.717) is 6.54 Å². The number of hydrogen-bond acceptors (Lipinski definition) is 5. The largest absolute Gasteiger partial charge is 0.368 e. The van der Waals surface area contributed by atoms with Crippen LogP contribution in [0.3, 0.4) is 0 Å². The van der Waals surface area contributed by atoms with Gasteiger partial charge in [-0.3, -0.25) is 4.90 Å². The number of nitrogens with zero attached hydrogens (tertiary/aromatic N) is 3. The van der Waals surface area contributed by atoms with Gasteiger partial charge in [-0.2, -0.15) is 0 Å². The molecule has 0 radical (unpaired) electrons. The van der Waals surface area contributed by atoms with Crippen LogP contribution in [-0.2, 0) is 11.3 Å². The van der Waals surface area contributed by atoms with Crippen molar-refractivity contribution < 1.29 is 4.74 Å². The molecule has 1 aromatic rings. The zero-order valence-corrected chi connectivity index (χ0v) is 12.1. The lowest BCUT2D eigenvalue weighted by Gasteiger charge is -2.32. The van der Waals surface area contributed by atoms with E-state index >= 15 is 0 Å². The molecule has 0 amide bonds. The Labute approximate surface area is 115 Å². The van der Waals surface area contributed by atoms with Gasteiger partial charge in [0.15, 0.2) is 5.82 Å². The quantitative estimate of drug-likeness (QED) is 0.889. The molecule has 2 N–H and O–H groups in total. The molecule has 1 saturated heterocycles. The molecule has 0 spiro atoms. The molecule has 106 valence electrons. The van der Waals surface area contributed by atoms with Gasteiger partial charge < -0.3 is 10.5 Å². The van der Waals surface area contributed by atoms with Crippen LogP contribution in [0.2, 0.25) is 0 Å². The average Bonchev–Trinajstić information content (AvgIpc) is 2.39. The summed E-state index contributed by atoms with van der Waals surface area (Å²) in [4.78, 5) is 11.6. The molecule has 1 unspecified atom stereocenters. The smallest absolute Gasteiger partial charge is 0.158 e. The summed E-state index contributed by atoms with van der Waals surface area (Å²) >= 11 is 0. The van der Waals surface area contributed by atoms with Crippen molar-refractivity contribution in [3.8, 4) is 0 Å². The Morgan fingerprint density at radius 3 is 2.58 bits per heavy atom. The summed E-state index contributed by atoms with van der Waals surface area (Å²) in [5, 5.41) is 0. The Kier molecular flexibility index (Phi) is 4.85. The van der Waals surface area contributed by atoms with Crippen molar-refractivity contribution in [1.82, 2.24) is 14.9 Å². The number of aromatic nitrogens is 2. The predicted octanol–water partition coefficient (Wildman–Crippen LogP) is 1.34. The van der Waals surface area contributed by atoms with Crippen molar-refractivity contribution in [2.45, 2.75) is 39.8 Å². The Bertz CT molecular complexity index is 410. The topological polar surface area (TPSA) is 64.3 Å². The minimum absolute atomic E-state index is 0.00970. The molecule has 1 aromatic heterocycles. The predicted molar refractivity (Wildman–Crippen MR) is 74.8 cm³/mol. The van der Waals surface area contributed by atoms with Crippen LogP contribution in [0.25, 0.3) is 0 Å². The minimum Gasteiger partial charge on any atom is -0.368 e. The standard InChI is InChI=1S/C14H24N4O/c1-4-5-18-6-7-19-13(9-18)14-16-10(2)12(8-15)11(3)17-14/h13H,4-9,15H2,1-3H3. The van der Waals surface area contributed by atoms with Gasteiger partial charge in [-0.15, -0.1) is 0 Å². The summed E-state index contributed by atoms with van der Waals surface area (Å²) in [7, 11) is 0. The van der Waals surface area contributed by atoms with E-state index in [1.54, 1.807) is 0 Å². The fraction of sp³-hybridized carbons (Fsp3) is 0.714.